The molecule has 1 aromatic rings. The molecular formula is C14H19F2N3O. The van der Waals surface area contributed by atoms with Crippen LogP contribution in [0.4, 0.5) is 8.78 Å². The molecule has 0 aliphatic carbocycles. The fraction of sp³-hybridized carbons (Fsp3) is 0.500. The van der Waals surface area contributed by atoms with Crippen LogP contribution in [0.15, 0.2) is 18.2 Å². The highest BCUT2D eigenvalue weighted by atomic mass is 19.3. The molecule has 0 spiro atoms. The molecule has 0 saturated carbocycles. The molecule has 1 fully saturated rings. The van der Waals surface area contributed by atoms with E-state index in [0.717, 1.165) is 13.1 Å². The summed E-state index contributed by atoms with van der Waals surface area (Å²) in [6.45, 7) is 3.16. The van der Waals surface area contributed by atoms with Gasteiger partial charge in [-0.15, -0.1) is 0 Å². The Morgan fingerprint density at radius 3 is 2.65 bits per heavy atom. The van der Waals surface area contributed by atoms with E-state index in [1.54, 1.807) is 18.0 Å². The number of rotatable bonds is 4. The van der Waals surface area contributed by atoms with Gasteiger partial charge in [-0.05, 0) is 30.8 Å². The first-order chi connectivity index (χ1) is 9.61. The molecule has 2 rings (SSSR count). The van der Waals surface area contributed by atoms with Crippen molar-refractivity contribution in [1.29, 1.82) is 0 Å². The number of alkyl halides is 2. The second kappa shape index (κ2) is 6.76. The number of hydrogen-bond donors (Lipinski definition) is 2. The first-order valence-corrected chi connectivity index (χ1v) is 6.68. The van der Waals surface area contributed by atoms with Crippen LogP contribution in [0.5, 0.6) is 0 Å². The van der Waals surface area contributed by atoms with Crippen LogP contribution < -0.4 is 10.6 Å². The van der Waals surface area contributed by atoms with Crippen molar-refractivity contribution in [2.45, 2.75) is 13.0 Å². The molecule has 6 heteroatoms. The van der Waals surface area contributed by atoms with E-state index in [1.165, 1.54) is 12.1 Å². The molecule has 1 saturated heterocycles. The van der Waals surface area contributed by atoms with Gasteiger partial charge in [-0.1, -0.05) is 0 Å². The van der Waals surface area contributed by atoms with E-state index < -0.39 is 6.43 Å². The Morgan fingerprint density at radius 1 is 1.35 bits per heavy atom. The van der Waals surface area contributed by atoms with Crippen molar-refractivity contribution in [2.24, 2.45) is 0 Å². The van der Waals surface area contributed by atoms with Crippen molar-refractivity contribution < 1.29 is 13.6 Å². The lowest BCUT2D eigenvalue weighted by Crippen LogP contribution is -2.46. The number of carbonyl (C=O) groups excluding carboxylic acids is 1. The van der Waals surface area contributed by atoms with Crippen LogP contribution in [-0.2, 0) is 6.54 Å². The van der Waals surface area contributed by atoms with Gasteiger partial charge in [0.15, 0.2) is 0 Å². The van der Waals surface area contributed by atoms with Crippen molar-refractivity contribution in [2.75, 3.05) is 33.2 Å². The molecule has 110 valence electrons. The summed E-state index contributed by atoms with van der Waals surface area (Å²) in [7, 11) is 1.74. The van der Waals surface area contributed by atoms with Crippen molar-refractivity contribution in [1.82, 2.24) is 15.5 Å². The van der Waals surface area contributed by atoms with Crippen molar-refractivity contribution in [3.63, 3.8) is 0 Å². The van der Waals surface area contributed by atoms with Crippen molar-refractivity contribution in [3.05, 3.63) is 34.9 Å². The average Bonchev–Trinajstić information content (AvgIpc) is 2.47. The largest absolute Gasteiger partial charge is 0.336 e. The predicted molar refractivity (Wildman–Crippen MR) is 72.9 cm³/mol. The summed E-state index contributed by atoms with van der Waals surface area (Å²) in [5.41, 5.74) is 0.940. The number of carbonyl (C=O) groups is 1. The third-order valence-corrected chi connectivity index (χ3v) is 3.30. The van der Waals surface area contributed by atoms with Crippen LogP contribution >= 0.6 is 0 Å². The van der Waals surface area contributed by atoms with Crippen LogP contribution in [0.3, 0.4) is 0 Å². The number of hydrogen-bond acceptors (Lipinski definition) is 3. The van der Waals surface area contributed by atoms with E-state index in [4.69, 9.17) is 0 Å². The van der Waals surface area contributed by atoms with Gasteiger partial charge in [-0.25, -0.2) is 8.78 Å². The first-order valence-electron chi connectivity index (χ1n) is 6.68. The summed E-state index contributed by atoms with van der Waals surface area (Å²) in [6.07, 6.45) is -2.57. The predicted octanol–water partition coefficient (Wildman–Crippen LogP) is 1.39. The second-order valence-electron chi connectivity index (χ2n) is 4.84. The molecule has 1 aliphatic heterocycles. The Kier molecular flexibility index (Phi) is 5.03. The van der Waals surface area contributed by atoms with Gasteiger partial charge in [0.05, 0.1) is 0 Å². The number of amides is 1. The van der Waals surface area contributed by atoms with Crippen LogP contribution in [0.1, 0.15) is 27.9 Å². The lowest BCUT2D eigenvalue weighted by Gasteiger charge is -2.27. The summed E-state index contributed by atoms with van der Waals surface area (Å²) in [5, 5.41) is 6.07. The number of halogens is 2. The SMILES string of the molecule is CNCc1cc(C(=O)N2CCNCC2)cc(C(F)F)c1. The van der Waals surface area contributed by atoms with E-state index >= 15 is 0 Å². The van der Waals surface area contributed by atoms with Gasteiger partial charge < -0.3 is 15.5 Å². The third-order valence-electron chi connectivity index (χ3n) is 3.30. The Balaban J connectivity index is 2.26. The normalized spacial score (nSPS) is 15.7. The van der Waals surface area contributed by atoms with Crippen LogP contribution in [-0.4, -0.2) is 44.0 Å². The standard InChI is InChI=1S/C14H19F2N3O/c1-17-9-10-6-11(13(15)16)8-12(7-10)14(20)19-4-2-18-3-5-19/h6-8,13,17-18H,2-5,9H2,1H3. The number of nitrogens with zero attached hydrogens (tertiary/aromatic N) is 1. The maximum absolute atomic E-state index is 12.9. The molecule has 0 atom stereocenters. The maximum Gasteiger partial charge on any atom is 0.263 e. The topological polar surface area (TPSA) is 44.4 Å². The van der Waals surface area contributed by atoms with Gasteiger partial charge in [0, 0.05) is 43.9 Å². The molecule has 1 amide bonds. The van der Waals surface area contributed by atoms with Gasteiger partial charge >= 0.3 is 0 Å². The highest BCUT2D eigenvalue weighted by molar-refractivity contribution is 5.94. The Bertz CT molecular complexity index is 473. The van der Waals surface area contributed by atoms with Gasteiger partial charge in [0.1, 0.15) is 0 Å². The summed E-state index contributed by atoms with van der Waals surface area (Å²) in [4.78, 5) is 14.1. The maximum atomic E-state index is 12.9. The van der Waals surface area contributed by atoms with Crippen molar-refractivity contribution in [3.8, 4) is 0 Å². The van der Waals surface area contributed by atoms with E-state index in [1.807, 2.05) is 0 Å². The molecule has 0 unspecified atom stereocenters. The minimum Gasteiger partial charge on any atom is -0.336 e. The van der Waals surface area contributed by atoms with E-state index in [0.29, 0.717) is 30.8 Å². The second-order valence-corrected chi connectivity index (χ2v) is 4.84. The smallest absolute Gasteiger partial charge is 0.263 e. The molecule has 1 aliphatic rings. The third kappa shape index (κ3) is 3.52. The van der Waals surface area contributed by atoms with Crippen LogP contribution in [0, 0.1) is 0 Å². The minimum absolute atomic E-state index is 0.101. The fourth-order valence-electron chi connectivity index (χ4n) is 2.32. The summed E-state index contributed by atoms with van der Waals surface area (Å²) < 4.78 is 25.8. The Hall–Kier alpha value is -1.53. The zero-order valence-electron chi connectivity index (χ0n) is 11.5. The van der Waals surface area contributed by atoms with E-state index in [2.05, 4.69) is 10.6 Å². The fourth-order valence-corrected chi connectivity index (χ4v) is 2.32. The summed E-state index contributed by atoms with van der Waals surface area (Å²) >= 11 is 0. The molecule has 0 aromatic heterocycles. The van der Waals surface area contributed by atoms with Gasteiger partial charge in [0.2, 0.25) is 0 Å². The lowest BCUT2D eigenvalue weighted by molar-refractivity contribution is 0.0735. The number of benzene rings is 1. The van der Waals surface area contributed by atoms with E-state index in [-0.39, 0.29) is 11.5 Å². The molecule has 20 heavy (non-hydrogen) atoms. The monoisotopic (exact) mass is 283 g/mol. The number of nitrogens with one attached hydrogen (secondary N) is 2. The quantitative estimate of drug-likeness (QED) is 0.877. The highest BCUT2D eigenvalue weighted by Crippen LogP contribution is 2.22. The molecule has 0 bridgehead atoms. The zero-order valence-corrected chi connectivity index (χ0v) is 11.5. The summed E-state index contributed by atoms with van der Waals surface area (Å²) in [5.74, 6) is -0.175. The molecule has 1 aromatic carbocycles. The van der Waals surface area contributed by atoms with Crippen molar-refractivity contribution >= 4 is 5.91 Å². The lowest BCUT2D eigenvalue weighted by atomic mass is 10.0. The van der Waals surface area contributed by atoms with Gasteiger partial charge in [-0.3, -0.25) is 4.79 Å². The minimum atomic E-state index is -2.57. The molecule has 1 heterocycles. The van der Waals surface area contributed by atoms with Crippen LogP contribution in [0.2, 0.25) is 0 Å². The Labute approximate surface area is 117 Å². The zero-order chi connectivity index (χ0) is 14.5. The molecule has 2 N–H and O–H groups in total. The average molecular weight is 283 g/mol. The van der Waals surface area contributed by atoms with Gasteiger partial charge in [0.25, 0.3) is 12.3 Å². The molecule has 0 radical (unpaired) electrons. The first kappa shape index (κ1) is 14.9. The van der Waals surface area contributed by atoms with Crippen LogP contribution in [0.25, 0.3) is 0 Å². The highest BCUT2D eigenvalue weighted by Gasteiger charge is 2.20. The molecular weight excluding hydrogens is 264 g/mol. The number of piperazine rings is 1. The Morgan fingerprint density at radius 2 is 2.05 bits per heavy atom. The molecule has 4 nitrogen and oxygen atoms in total. The van der Waals surface area contributed by atoms with Gasteiger partial charge in [-0.2, -0.15) is 0 Å². The summed E-state index contributed by atoms with van der Waals surface area (Å²) in [6, 6.07) is 4.43. The van der Waals surface area contributed by atoms with E-state index in [9.17, 15) is 13.6 Å².